The number of ether oxygens (including phenoxy) is 1. The monoisotopic (exact) mass is 272 g/mol. The third-order valence-corrected chi connectivity index (χ3v) is 3.00. The molecule has 0 saturated heterocycles. The predicted octanol–water partition coefficient (Wildman–Crippen LogP) is 2.51. The Morgan fingerprint density at radius 3 is 2.67 bits per heavy atom. The van der Waals surface area contributed by atoms with Gasteiger partial charge in [0.2, 0.25) is 0 Å². The van der Waals surface area contributed by atoms with Crippen LogP contribution in [0.1, 0.15) is 25.3 Å². The zero-order chi connectivity index (χ0) is 13.8. The molecule has 100 valence electrons. The molecule has 0 saturated carbocycles. The van der Waals surface area contributed by atoms with Crippen LogP contribution in [0.2, 0.25) is 5.02 Å². The van der Waals surface area contributed by atoms with Gasteiger partial charge < -0.3 is 14.9 Å². The molecule has 0 amide bonds. The number of benzene rings is 1. The van der Waals surface area contributed by atoms with Crippen LogP contribution in [0.3, 0.4) is 0 Å². The maximum absolute atomic E-state index is 10.6. The minimum Gasteiger partial charge on any atom is -0.495 e. The molecule has 0 aliphatic rings. The number of carbonyl (C=O) groups is 1. The number of rotatable bonds is 6. The fourth-order valence-electron chi connectivity index (χ4n) is 1.69. The first-order chi connectivity index (χ1) is 8.34. The van der Waals surface area contributed by atoms with Gasteiger partial charge in [0.15, 0.2) is 0 Å². The molecule has 1 atom stereocenters. The van der Waals surface area contributed by atoms with Crippen molar-refractivity contribution in [3.8, 4) is 5.75 Å². The van der Waals surface area contributed by atoms with E-state index in [2.05, 4.69) is 0 Å². The van der Waals surface area contributed by atoms with Crippen molar-refractivity contribution in [3.05, 3.63) is 28.8 Å². The minimum atomic E-state index is -1.21. The summed E-state index contributed by atoms with van der Waals surface area (Å²) in [5.41, 5.74) is -0.274. The SMILES string of the molecule is COc1ccc(CCC(C)(O)CC(=O)O)cc1Cl. The number of hydrogen-bond donors (Lipinski definition) is 2. The van der Waals surface area contributed by atoms with Crippen LogP contribution in [0.25, 0.3) is 0 Å². The molecule has 0 bridgehead atoms. The summed E-state index contributed by atoms with van der Waals surface area (Å²) in [5, 5.41) is 19.0. The Labute approximate surface area is 111 Å². The van der Waals surface area contributed by atoms with Crippen molar-refractivity contribution < 1.29 is 19.7 Å². The molecule has 4 nitrogen and oxygen atoms in total. The molecule has 0 spiro atoms. The van der Waals surface area contributed by atoms with Gasteiger partial charge in [-0.2, -0.15) is 0 Å². The Balaban J connectivity index is 2.63. The third kappa shape index (κ3) is 4.55. The number of carboxylic acid groups (broad SMARTS) is 1. The smallest absolute Gasteiger partial charge is 0.306 e. The highest BCUT2D eigenvalue weighted by Crippen LogP contribution is 2.26. The van der Waals surface area contributed by atoms with Crippen LogP contribution in [-0.2, 0) is 11.2 Å². The lowest BCUT2D eigenvalue weighted by molar-refractivity contribution is -0.142. The van der Waals surface area contributed by atoms with Gasteiger partial charge in [0.25, 0.3) is 0 Å². The van der Waals surface area contributed by atoms with Crippen molar-refractivity contribution >= 4 is 17.6 Å². The van der Waals surface area contributed by atoms with Gasteiger partial charge in [-0.3, -0.25) is 4.79 Å². The van der Waals surface area contributed by atoms with Gasteiger partial charge in [-0.25, -0.2) is 0 Å². The molecule has 0 aromatic heterocycles. The molecule has 0 radical (unpaired) electrons. The maximum atomic E-state index is 10.6. The second-order valence-electron chi connectivity index (χ2n) is 4.54. The van der Waals surface area contributed by atoms with Crippen LogP contribution in [0.5, 0.6) is 5.75 Å². The van der Waals surface area contributed by atoms with Gasteiger partial charge >= 0.3 is 5.97 Å². The Kier molecular flexibility index (Phi) is 4.99. The van der Waals surface area contributed by atoms with Crippen LogP contribution in [0, 0.1) is 0 Å². The molecule has 0 fully saturated rings. The first-order valence-corrected chi connectivity index (χ1v) is 5.98. The second-order valence-corrected chi connectivity index (χ2v) is 4.94. The van der Waals surface area contributed by atoms with Crippen LogP contribution in [-0.4, -0.2) is 28.9 Å². The van der Waals surface area contributed by atoms with E-state index in [-0.39, 0.29) is 6.42 Å². The standard InChI is InChI=1S/C13H17ClO4/c1-13(17,8-12(15)16)6-5-9-3-4-11(18-2)10(14)7-9/h3-4,7,17H,5-6,8H2,1-2H3,(H,15,16). The molecule has 2 N–H and O–H groups in total. The van der Waals surface area contributed by atoms with E-state index in [0.29, 0.717) is 23.6 Å². The number of carboxylic acids is 1. The Morgan fingerprint density at radius 1 is 1.50 bits per heavy atom. The quantitative estimate of drug-likeness (QED) is 0.835. The summed E-state index contributed by atoms with van der Waals surface area (Å²) in [7, 11) is 1.54. The van der Waals surface area contributed by atoms with Crippen molar-refractivity contribution in [1.82, 2.24) is 0 Å². The van der Waals surface area contributed by atoms with E-state index in [4.69, 9.17) is 21.4 Å². The lowest BCUT2D eigenvalue weighted by Gasteiger charge is -2.21. The highest BCUT2D eigenvalue weighted by Gasteiger charge is 2.23. The zero-order valence-electron chi connectivity index (χ0n) is 10.4. The van der Waals surface area contributed by atoms with Crippen molar-refractivity contribution in [2.75, 3.05) is 7.11 Å². The van der Waals surface area contributed by atoms with E-state index < -0.39 is 11.6 Å². The lowest BCUT2D eigenvalue weighted by Crippen LogP contribution is -2.28. The number of halogens is 1. The van der Waals surface area contributed by atoms with Gasteiger partial charge in [-0.05, 0) is 37.5 Å². The van der Waals surface area contributed by atoms with Crippen molar-refractivity contribution in [2.45, 2.75) is 31.8 Å². The van der Waals surface area contributed by atoms with Gasteiger partial charge in [0.1, 0.15) is 5.75 Å². The highest BCUT2D eigenvalue weighted by atomic mass is 35.5. The van der Waals surface area contributed by atoms with E-state index in [1.807, 2.05) is 6.07 Å². The van der Waals surface area contributed by atoms with E-state index in [0.717, 1.165) is 5.56 Å². The normalized spacial score (nSPS) is 14.0. The Hall–Kier alpha value is -1.26. The number of hydrogen-bond acceptors (Lipinski definition) is 3. The summed E-state index contributed by atoms with van der Waals surface area (Å²) in [6, 6.07) is 5.36. The molecular weight excluding hydrogens is 256 g/mol. The average molecular weight is 273 g/mol. The fraction of sp³-hybridized carbons (Fsp3) is 0.462. The van der Waals surface area contributed by atoms with Crippen LogP contribution in [0.4, 0.5) is 0 Å². The molecule has 18 heavy (non-hydrogen) atoms. The van der Waals surface area contributed by atoms with Crippen LogP contribution >= 0.6 is 11.6 Å². The minimum absolute atomic E-state index is 0.267. The zero-order valence-corrected chi connectivity index (χ0v) is 11.2. The van der Waals surface area contributed by atoms with Crippen molar-refractivity contribution in [1.29, 1.82) is 0 Å². The molecule has 1 rings (SSSR count). The summed E-state index contributed by atoms with van der Waals surface area (Å²) in [6.45, 7) is 1.52. The number of aliphatic hydroxyl groups is 1. The molecular formula is C13H17ClO4. The van der Waals surface area contributed by atoms with Gasteiger partial charge in [0.05, 0.1) is 24.2 Å². The van der Waals surface area contributed by atoms with E-state index in [1.165, 1.54) is 6.92 Å². The molecule has 0 aliphatic carbocycles. The van der Waals surface area contributed by atoms with Gasteiger partial charge in [-0.15, -0.1) is 0 Å². The largest absolute Gasteiger partial charge is 0.495 e. The highest BCUT2D eigenvalue weighted by molar-refractivity contribution is 6.32. The summed E-state index contributed by atoms with van der Waals surface area (Å²) in [5.74, 6) is -0.412. The first kappa shape index (κ1) is 14.8. The molecule has 0 heterocycles. The Bertz CT molecular complexity index is 429. The number of aliphatic carboxylic acids is 1. The molecule has 5 heteroatoms. The molecule has 1 unspecified atom stereocenters. The maximum Gasteiger partial charge on any atom is 0.306 e. The first-order valence-electron chi connectivity index (χ1n) is 5.60. The molecule has 0 aliphatic heterocycles. The predicted molar refractivity (Wildman–Crippen MR) is 69.2 cm³/mol. The van der Waals surface area contributed by atoms with Crippen LogP contribution in [0.15, 0.2) is 18.2 Å². The second kappa shape index (κ2) is 6.07. The van der Waals surface area contributed by atoms with Crippen molar-refractivity contribution in [2.24, 2.45) is 0 Å². The summed E-state index contributed by atoms with van der Waals surface area (Å²) < 4.78 is 5.04. The Morgan fingerprint density at radius 2 is 2.17 bits per heavy atom. The molecule has 1 aromatic carbocycles. The van der Waals surface area contributed by atoms with E-state index >= 15 is 0 Å². The summed E-state index contributed by atoms with van der Waals surface area (Å²) >= 11 is 5.98. The van der Waals surface area contributed by atoms with E-state index in [1.54, 1.807) is 19.2 Å². The van der Waals surface area contributed by atoms with Gasteiger partial charge in [-0.1, -0.05) is 17.7 Å². The van der Waals surface area contributed by atoms with Crippen LogP contribution < -0.4 is 4.74 Å². The lowest BCUT2D eigenvalue weighted by atomic mass is 9.94. The third-order valence-electron chi connectivity index (χ3n) is 2.70. The fourth-order valence-corrected chi connectivity index (χ4v) is 1.97. The average Bonchev–Trinajstić information content (AvgIpc) is 2.25. The number of aryl methyl sites for hydroxylation is 1. The summed E-state index contributed by atoms with van der Waals surface area (Å²) in [6.07, 6.45) is 0.656. The van der Waals surface area contributed by atoms with E-state index in [9.17, 15) is 9.90 Å². The van der Waals surface area contributed by atoms with Gasteiger partial charge in [0, 0.05) is 0 Å². The van der Waals surface area contributed by atoms with Crippen molar-refractivity contribution in [3.63, 3.8) is 0 Å². The summed E-state index contributed by atoms with van der Waals surface area (Å²) in [4.78, 5) is 10.6. The molecule has 1 aromatic rings. The topological polar surface area (TPSA) is 66.8 Å². The number of methoxy groups -OCH3 is 1.